The average Bonchev–Trinajstić information content (AvgIpc) is 2.58. The van der Waals surface area contributed by atoms with Crippen molar-refractivity contribution in [1.82, 2.24) is 10.2 Å². The first-order valence-electron chi connectivity index (χ1n) is 7.31. The summed E-state index contributed by atoms with van der Waals surface area (Å²) in [5.41, 5.74) is 2.44. The Morgan fingerprint density at radius 2 is 2.15 bits per heavy atom. The Kier molecular flexibility index (Phi) is 4.65. The highest BCUT2D eigenvalue weighted by Gasteiger charge is 2.22. The van der Waals surface area contributed by atoms with Gasteiger partial charge < -0.3 is 15.1 Å². The summed E-state index contributed by atoms with van der Waals surface area (Å²) in [7, 11) is 1.87. The molecule has 1 aromatic carbocycles. The molecule has 0 fully saturated rings. The van der Waals surface area contributed by atoms with Crippen molar-refractivity contribution < 1.29 is 4.79 Å². The number of nitrogens with one attached hydrogen (secondary N) is 1. The number of hydrogen-bond donors (Lipinski definition) is 1. The van der Waals surface area contributed by atoms with Crippen molar-refractivity contribution in [2.75, 3.05) is 25.0 Å². The lowest BCUT2D eigenvalue weighted by atomic mass is 10.1. The van der Waals surface area contributed by atoms with Crippen molar-refractivity contribution in [2.24, 2.45) is 0 Å². The van der Waals surface area contributed by atoms with Gasteiger partial charge in [-0.15, -0.1) is 0 Å². The summed E-state index contributed by atoms with van der Waals surface area (Å²) in [5.74, 6) is 0.170. The number of rotatable bonds is 3. The van der Waals surface area contributed by atoms with E-state index in [0.717, 1.165) is 13.1 Å². The molecule has 0 spiro atoms. The fourth-order valence-corrected chi connectivity index (χ4v) is 2.46. The first-order valence-corrected chi connectivity index (χ1v) is 7.31. The van der Waals surface area contributed by atoms with Gasteiger partial charge in [-0.05, 0) is 32.4 Å². The molecule has 1 aliphatic rings. The number of likely N-dealkylation sites (N-methyl/N-ethyl adjacent to an activating group) is 1. The Hall–Kier alpha value is -1.55. The van der Waals surface area contributed by atoms with Gasteiger partial charge in [-0.3, -0.25) is 4.79 Å². The van der Waals surface area contributed by atoms with Gasteiger partial charge in [0.1, 0.15) is 0 Å². The number of carbonyl (C=O) groups excluding carboxylic acids is 1. The number of fused-ring (bicyclic) bond motifs is 1. The lowest BCUT2D eigenvalue weighted by Gasteiger charge is -2.29. The summed E-state index contributed by atoms with van der Waals surface area (Å²) in [6.45, 7) is 8.40. The van der Waals surface area contributed by atoms with Crippen LogP contribution in [0.25, 0.3) is 0 Å². The molecule has 20 heavy (non-hydrogen) atoms. The van der Waals surface area contributed by atoms with Gasteiger partial charge in [-0.25, -0.2) is 0 Å². The third-order valence-corrected chi connectivity index (χ3v) is 3.96. The van der Waals surface area contributed by atoms with E-state index in [9.17, 15) is 4.79 Å². The highest BCUT2D eigenvalue weighted by Crippen LogP contribution is 2.23. The van der Waals surface area contributed by atoms with Crippen molar-refractivity contribution in [3.05, 3.63) is 29.8 Å². The molecule has 1 atom stereocenters. The van der Waals surface area contributed by atoms with Gasteiger partial charge in [0.25, 0.3) is 0 Å². The lowest BCUT2D eigenvalue weighted by Crippen LogP contribution is -2.44. The molecule has 110 valence electrons. The van der Waals surface area contributed by atoms with Crippen molar-refractivity contribution in [1.29, 1.82) is 0 Å². The van der Waals surface area contributed by atoms with E-state index >= 15 is 0 Å². The van der Waals surface area contributed by atoms with Crippen LogP contribution in [0.1, 0.15) is 26.3 Å². The van der Waals surface area contributed by atoms with Gasteiger partial charge in [0.2, 0.25) is 5.91 Å². The van der Waals surface area contributed by atoms with Crippen LogP contribution in [0, 0.1) is 0 Å². The zero-order valence-corrected chi connectivity index (χ0v) is 12.9. The molecule has 0 aromatic heterocycles. The second kappa shape index (κ2) is 6.27. The van der Waals surface area contributed by atoms with E-state index < -0.39 is 0 Å². The van der Waals surface area contributed by atoms with Crippen LogP contribution in [0.2, 0.25) is 0 Å². The topological polar surface area (TPSA) is 35.6 Å². The molecule has 4 nitrogen and oxygen atoms in total. The summed E-state index contributed by atoms with van der Waals surface area (Å²) in [6.07, 6.45) is 0. The molecule has 1 unspecified atom stereocenters. The van der Waals surface area contributed by atoms with Crippen LogP contribution < -0.4 is 10.2 Å². The molecule has 0 radical (unpaired) electrons. The Balaban J connectivity index is 2.19. The normalized spacial score (nSPS) is 18.6. The van der Waals surface area contributed by atoms with Crippen LogP contribution in [0.5, 0.6) is 0 Å². The molecule has 1 heterocycles. The van der Waals surface area contributed by atoms with Crippen LogP contribution in [0.15, 0.2) is 24.3 Å². The van der Waals surface area contributed by atoms with E-state index in [1.54, 1.807) is 0 Å². The summed E-state index contributed by atoms with van der Waals surface area (Å²) in [5, 5.41) is 3.49. The van der Waals surface area contributed by atoms with Crippen molar-refractivity contribution >= 4 is 11.6 Å². The van der Waals surface area contributed by atoms with E-state index in [2.05, 4.69) is 35.3 Å². The predicted molar refractivity (Wildman–Crippen MR) is 82.9 cm³/mol. The molecule has 4 heteroatoms. The van der Waals surface area contributed by atoms with Gasteiger partial charge in [-0.1, -0.05) is 18.2 Å². The first-order chi connectivity index (χ1) is 9.49. The SMILES string of the molecule is CC1CN(CC(=O)N(C)C(C)C)c2ccccc2CN1. The van der Waals surface area contributed by atoms with E-state index in [1.165, 1.54) is 11.3 Å². The van der Waals surface area contributed by atoms with Crippen molar-refractivity contribution in [3.8, 4) is 0 Å². The van der Waals surface area contributed by atoms with E-state index in [0.29, 0.717) is 12.6 Å². The fraction of sp³-hybridized carbons (Fsp3) is 0.562. The average molecular weight is 275 g/mol. The Morgan fingerprint density at radius 3 is 2.85 bits per heavy atom. The quantitative estimate of drug-likeness (QED) is 0.914. The van der Waals surface area contributed by atoms with Crippen LogP contribution >= 0.6 is 0 Å². The Labute approximate surface area is 121 Å². The van der Waals surface area contributed by atoms with Crippen LogP contribution in [-0.4, -0.2) is 43.0 Å². The maximum Gasteiger partial charge on any atom is 0.242 e. The van der Waals surface area contributed by atoms with Crippen LogP contribution in [0.3, 0.4) is 0 Å². The molecular weight excluding hydrogens is 250 g/mol. The first kappa shape index (κ1) is 14.9. The van der Waals surface area contributed by atoms with Crippen LogP contribution in [-0.2, 0) is 11.3 Å². The molecule has 0 bridgehead atoms. The summed E-state index contributed by atoms with van der Waals surface area (Å²) >= 11 is 0. The van der Waals surface area contributed by atoms with Crippen molar-refractivity contribution in [3.63, 3.8) is 0 Å². The number of benzene rings is 1. The molecule has 1 amide bonds. The van der Waals surface area contributed by atoms with E-state index in [1.807, 2.05) is 31.9 Å². The molecule has 0 saturated carbocycles. The van der Waals surface area contributed by atoms with Crippen LogP contribution in [0.4, 0.5) is 5.69 Å². The third kappa shape index (κ3) is 3.31. The largest absolute Gasteiger partial charge is 0.360 e. The number of hydrogen-bond acceptors (Lipinski definition) is 3. The number of amides is 1. The van der Waals surface area contributed by atoms with E-state index in [-0.39, 0.29) is 11.9 Å². The van der Waals surface area contributed by atoms with Gasteiger partial charge in [0.15, 0.2) is 0 Å². The molecule has 2 rings (SSSR count). The minimum absolute atomic E-state index is 0.170. The number of anilines is 1. The molecule has 0 aliphatic carbocycles. The summed E-state index contributed by atoms with van der Waals surface area (Å²) in [4.78, 5) is 16.4. The van der Waals surface area contributed by atoms with E-state index in [4.69, 9.17) is 0 Å². The number of para-hydroxylation sites is 1. The minimum atomic E-state index is 0.170. The number of carbonyl (C=O) groups is 1. The van der Waals surface area contributed by atoms with Gasteiger partial charge in [-0.2, -0.15) is 0 Å². The number of nitrogens with zero attached hydrogens (tertiary/aromatic N) is 2. The molecule has 1 aromatic rings. The minimum Gasteiger partial charge on any atom is -0.360 e. The predicted octanol–water partition coefficient (Wildman–Crippen LogP) is 1.85. The zero-order valence-electron chi connectivity index (χ0n) is 12.9. The maximum atomic E-state index is 12.3. The second-order valence-corrected chi connectivity index (χ2v) is 5.89. The zero-order chi connectivity index (χ0) is 14.7. The Morgan fingerprint density at radius 1 is 1.45 bits per heavy atom. The summed E-state index contributed by atoms with van der Waals surface area (Å²) < 4.78 is 0. The lowest BCUT2D eigenvalue weighted by molar-refractivity contribution is -0.129. The maximum absolute atomic E-state index is 12.3. The summed E-state index contributed by atoms with van der Waals surface area (Å²) in [6, 6.07) is 8.94. The monoisotopic (exact) mass is 275 g/mol. The third-order valence-electron chi connectivity index (χ3n) is 3.96. The second-order valence-electron chi connectivity index (χ2n) is 5.89. The molecule has 0 saturated heterocycles. The smallest absolute Gasteiger partial charge is 0.242 e. The molecule has 1 N–H and O–H groups in total. The Bertz CT molecular complexity index is 473. The van der Waals surface area contributed by atoms with Gasteiger partial charge in [0.05, 0.1) is 6.54 Å². The van der Waals surface area contributed by atoms with Gasteiger partial charge in [0, 0.05) is 37.9 Å². The fourth-order valence-electron chi connectivity index (χ4n) is 2.46. The highest BCUT2D eigenvalue weighted by molar-refractivity contribution is 5.82. The highest BCUT2D eigenvalue weighted by atomic mass is 16.2. The van der Waals surface area contributed by atoms with Gasteiger partial charge >= 0.3 is 0 Å². The molecule has 1 aliphatic heterocycles. The molecular formula is C16H25N3O. The van der Waals surface area contributed by atoms with Crippen molar-refractivity contribution in [2.45, 2.75) is 39.4 Å². The standard InChI is InChI=1S/C16H25N3O/c1-12(2)18(4)16(20)11-19-10-13(3)17-9-14-7-5-6-8-15(14)19/h5-8,12-13,17H,9-11H2,1-4H3.